The van der Waals surface area contributed by atoms with Crippen molar-refractivity contribution < 1.29 is 13.2 Å². The van der Waals surface area contributed by atoms with Crippen LogP contribution < -0.4 is 5.73 Å². The van der Waals surface area contributed by atoms with Gasteiger partial charge < -0.3 is 5.73 Å². The topological polar surface area (TPSA) is 56.7 Å². The van der Waals surface area contributed by atoms with Crippen molar-refractivity contribution in [2.24, 2.45) is 0 Å². The number of rotatable bonds is 2. The van der Waals surface area contributed by atoms with E-state index in [1.54, 1.807) is 0 Å². The Balaban J connectivity index is 2.26. The maximum atomic E-state index is 12.2. The van der Waals surface area contributed by atoms with E-state index in [-0.39, 0.29) is 10.8 Å². The van der Waals surface area contributed by atoms with Crippen molar-refractivity contribution in [2.75, 3.05) is 5.73 Å². The summed E-state index contributed by atoms with van der Waals surface area (Å²) in [5.74, 6) is 0.170. The molecule has 0 atom stereocenters. The number of nitrogens with two attached hydrogens (primary N) is 1. The van der Waals surface area contributed by atoms with Crippen LogP contribution in [0.25, 0.3) is 11.1 Å². The van der Waals surface area contributed by atoms with Gasteiger partial charge in [0.1, 0.15) is 12.4 Å². The van der Waals surface area contributed by atoms with Crippen LogP contribution in [-0.2, 0) is 6.54 Å². The summed E-state index contributed by atoms with van der Waals surface area (Å²) in [6.07, 6.45) is -0.289. The molecule has 8 heteroatoms. The lowest BCUT2D eigenvalue weighted by atomic mass is 10.2. The second-order valence-electron chi connectivity index (χ2n) is 3.63. The number of alkyl halides is 3. The lowest BCUT2D eigenvalue weighted by Gasteiger charge is -2.05. The van der Waals surface area contributed by atoms with E-state index in [0.29, 0.717) is 11.1 Å². The molecule has 96 valence electrons. The van der Waals surface area contributed by atoms with Gasteiger partial charge >= 0.3 is 6.18 Å². The molecule has 18 heavy (non-hydrogen) atoms. The van der Waals surface area contributed by atoms with Crippen LogP contribution in [0.5, 0.6) is 0 Å². The van der Waals surface area contributed by atoms with Crippen LogP contribution in [0.15, 0.2) is 24.7 Å². The Kier molecular flexibility index (Phi) is 3.16. The normalized spacial score (nSPS) is 11.8. The van der Waals surface area contributed by atoms with Crippen LogP contribution in [0, 0.1) is 0 Å². The fourth-order valence-electron chi connectivity index (χ4n) is 1.39. The number of aromatic nitrogens is 3. The van der Waals surface area contributed by atoms with Crippen LogP contribution in [-0.4, -0.2) is 20.9 Å². The minimum absolute atomic E-state index is 0.170. The highest BCUT2D eigenvalue weighted by Crippen LogP contribution is 2.25. The summed E-state index contributed by atoms with van der Waals surface area (Å²) < 4.78 is 37.3. The summed E-state index contributed by atoms with van der Waals surface area (Å²) in [6, 6.07) is 1.53. The van der Waals surface area contributed by atoms with Crippen LogP contribution in [0.3, 0.4) is 0 Å². The Morgan fingerprint density at radius 3 is 2.61 bits per heavy atom. The predicted molar refractivity (Wildman–Crippen MR) is 60.9 cm³/mol. The monoisotopic (exact) mass is 276 g/mol. The van der Waals surface area contributed by atoms with E-state index in [1.165, 1.54) is 24.7 Å². The first-order valence-electron chi connectivity index (χ1n) is 4.86. The van der Waals surface area contributed by atoms with Crippen molar-refractivity contribution in [3.05, 3.63) is 29.7 Å². The Bertz CT molecular complexity index is 564. The van der Waals surface area contributed by atoms with Gasteiger partial charge in [0.2, 0.25) is 0 Å². The van der Waals surface area contributed by atoms with Crippen molar-refractivity contribution in [1.82, 2.24) is 14.8 Å². The maximum Gasteiger partial charge on any atom is 0.408 e. The molecule has 0 spiro atoms. The van der Waals surface area contributed by atoms with Crippen LogP contribution in [0.1, 0.15) is 0 Å². The Morgan fingerprint density at radius 1 is 1.28 bits per heavy atom. The molecule has 2 rings (SSSR count). The number of halogens is 4. The number of hydrogen-bond acceptors (Lipinski definition) is 3. The maximum absolute atomic E-state index is 12.2. The highest BCUT2D eigenvalue weighted by Gasteiger charge is 2.28. The SMILES string of the molecule is Nc1ncc(-c2cnn(CC(F)(F)F)c2)cc1Cl. The first-order valence-corrected chi connectivity index (χ1v) is 5.23. The molecule has 2 aromatic rings. The Morgan fingerprint density at radius 2 is 2.00 bits per heavy atom. The fourth-order valence-corrected chi connectivity index (χ4v) is 1.56. The zero-order valence-electron chi connectivity index (χ0n) is 8.95. The Hall–Kier alpha value is -1.76. The zero-order valence-corrected chi connectivity index (χ0v) is 9.70. The van der Waals surface area contributed by atoms with Crippen molar-refractivity contribution in [1.29, 1.82) is 0 Å². The molecular formula is C10H8ClF3N4. The molecule has 0 unspecified atom stereocenters. The molecule has 0 bridgehead atoms. The first-order chi connectivity index (χ1) is 8.35. The summed E-state index contributed by atoms with van der Waals surface area (Å²) >= 11 is 5.78. The molecular weight excluding hydrogens is 269 g/mol. The molecule has 0 radical (unpaired) electrons. The van der Waals surface area contributed by atoms with E-state index in [1.807, 2.05) is 0 Å². The highest BCUT2D eigenvalue weighted by molar-refractivity contribution is 6.33. The molecule has 0 aliphatic heterocycles. The smallest absolute Gasteiger partial charge is 0.382 e. The molecule has 0 saturated heterocycles. The van der Waals surface area contributed by atoms with Gasteiger partial charge in [-0.15, -0.1) is 0 Å². The van der Waals surface area contributed by atoms with Crippen LogP contribution >= 0.6 is 11.6 Å². The van der Waals surface area contributed by atoms with Gasteiger partial charge in [-0.1, -0.05) is 11.6 Å². The summed E-state index contributed by atoms with van der Waals surface area (Å²) in [4.78, 5) is 3.83. The molecule has 2 heterocycles. The molecule has 0 saturated carbocycles. The molecule has 2 N–H and O–H groups in total. The third-order valence-electron chi connectivity index (χ3n) is 2.18. The van der Waals surface area contributed by atoms with Gasteiger partial charge in [0.25, 0.3) is 0 Å². The van der Waals surface area contributed by atoms with Crippen molar-refractivity contribution >= 4 is 17.4 Å². The van der Waals surface area contributed by atoms with Gasteiger partial charge in [0.05, 0.1) is 11.2 Å². The number of nitrogen functional groups attached to an aromatic ring is 1. The summed E-state index contributed by atoms with van der Waals surface area (Å²) in [6.45, 7) is -1.14. The van der Waals surface area contributed by atoms with E-state index >= 15 is 0 Å². The minimum atomic E-state index is -4.31. The average Bonchev–Trinajstić information content (AvgIpc) is 2.68. The van der Waals surface area contributed by atoms with E-state index in [0.717, 1.165) is 4.68 Å². The average molecular weight is 277 g/mol. The third kappa shape index (κ3) is 2.92. The molecule has 2 aromatic heterocycles. The molecule has 0 amide bonds. The first kappa shape index (κ1) is 12.7. The van der Waals surface area contributed by atoms with E-state index < -0.39 is 12.7 Å². The van der Waals surface area contributed by atoms with Crippen molar-refractivity contribution in [3.63, 3.8) is 0 Å². The predicted octanol–water partition coefficient (Wildman–Crippen LogP) is 2.74. The van der Waals surface area contributed by atoms with Gasteiger partial charge in [0.15, 0.2) is 0 Å². The Labute approximate surface area is 105 Å². The summed E-state index contributed by atoms with van der Waals surface area (Å²) in [5.41, 5.74) is 6.49. The summed E-state index contributed by atoms with van der Waals surface area (Å²) in [5, 5.41) is 3.87. The number of anilines is 1. The van der Waals surface area contributed by atoms with E-state index in [9.17, 15) is 13.2 Å². The van der Waals surface area contributed by atoms with Crippen molar-refractivity contribution in [2.45, 2.75) is 12.7 Å². The zero-order chi connectivity index (χ0) is 13.3. The largest absolute Gasteiger partial charge is 0.408 e. The quantitative estimate of drug-likeness (QED) is 0.917. The third-order valence-corrected chi connectivity index (χ3v) is 2.48. The van der Waals surface area contributed by atoms with Crippen LogP contribution in [0.4, 0.5) is 19.0 Å². The van der Waals surface area contributed by atoms with Gasteiger partial charge in [-0.2, -0.15) is 18.3 Å². The fraction of sp³-hybridized carbons (Fsp3) is 0.200. The molecule has 0 aliphatic carbocycles. The molecule has 0 fully saturated rings. The second kappa shape index (κ2) is 4.49. The van der Waals surface area contributed by atoms with E-state index in [2.05, 4.69) is 10.1 Å². The second-order valence-corrected chi connectivity index (χ2v) is 4.04. The van der Waals surface area contributed by atoms with Gasteiger partial charge in [-0.3, -0.25) is 4.68 Å². The van der Waals surface area contributed by atoms with Crippen LogP contribution in [0.2, 0.25) is 5.02 Å². The van der Waals surface area contributed by atoms with Gasteiger partial charge in [0, 0.05) is 23.5 Å². The number of hydrogen-bond donors (Lipinski definition) is 1. The number of pyridine rings is 1. The molecule has 0 aliphatic rings. The molecule has 4 nitrogen and oxygen atoms in total. The van der Waals surface area contributed by atoms with Crippen molar-refractivity contribution in [3.8, 4) is 11.1 Å². The van der Waals surface area contributed by atoms with Gasteiger partial charge in [-0.05, 0) is 6.07 Å². The standard InChI is InChI=1S/C10H8ClF3N4/c11-8-1-6(2-16-9(8)15)7-3-17-18(4-7)5-10(12,13)14/h1-4H,5H2,(H2,15,16). The lowest BCUT2D eigenvalue weighted by molar-refractivity contribution is -0.142. The minimum Gasteiger partial charge on any atom is -0.382 e. The summed E-state index contributed by atoms with van der Waals surface area (Å²) in [7, 11) is 0. The number of nitrogens with zero attached hydrogens (tertiary/aromatic N) is 3. The van der Waals surface area contributed by atoms with E-state index in [4.69, 9.17) is 17.3 Å². The molecule has 0 aromatic carbocycles. The van der Waals surface area contributed by atoms with Gasteiger partial charge in [-0.25, -0.2) is 4.98 Å². The lowest BCUT2D eigenvalue weighted by Crippen LogP contribution is -2.17. The highest BCUT2D eigenvalue weighted by atomic mass is 35.5.